The molecular weight excluding hydrogens is 325 g/mol. The van der Waals surface area contributed by atoms with Crippen molar-refractivity contribution in [3.63, 3.8) is 0 Å². The molecule has 2 heterocycles. The second kappa shape index (κ2) is 6.25. The Kier molecular flexibility index (Phi) is 4.29. The van der Waals surface area contributed by atoms with Gasteiger partial charge in [0.15, 0.2) is 0 Å². The number of hydrogen-bond donors (Lipinski definition) is 3. The van der Waals surface area contributed by atoms with E-state index in [1.807, 2.05) is 0 Å². The Morgan fingerprint density at radius 1 is 1.29 bits per heavy atom. The summed E-state index contributed by atoms with van der Waals surface area (Å²) in [5.74, 6) is -0.297. The van der Waals surface area contributed by atoms with Crippen LogP contribution in [-0.4, -0.2) is 39.5 Å². The van der Waals surface area contributed by atoms with Gasteiger partial charge in [-0.1, -0.05) is 0 Å². The summed E-state index contributed by atoms with van der Waals surface area (Å²) in [5.41, 5.74) is -0.184. The zero-order valence-corrected chi connectivity index (χ0v) is 12.4. The van der Waals surface area contributed by atoms with E-state index in [2.05, 4.69) is 15.7 Å². The van der Waals surface area contributed by atoms with E-state index in [1.165, 1.54) is 24.3 Å². The fraction of sp³-hybridized carbons (Fsp3) is 0.333. The summed E-state index contributed by atoms with van der Waals surface area (Å²) >= 11 is 0. The molecule has 2 aromatic rings. The molecule has 1 fully saturated rings. The van der Waals surface area contributed by atoms with Crippen molar-refractivity contribution in [2.24, 2.45) is 0 Å². The van der Waals surface area contributed by atoms with Crippen LogP contribution in [0.5, 0.6) is 0 Å². The Bertz CT molecular complexity index is 727. The largest absolute Gasteiger partial charge is 0.433 e. The normalized spacial score (nSPS) is 21.0. The van der Waals surface area contributed by atoms with Gasteiger partial charge in [0.05, 0.1) is 24.0 Å². The van der Waals surface area contributed by atoms with Crippen LogP contribution in [0.3, 0.4) is 0 Å². The van der Waals surface area contributed by atoms with Gasteiger partial charge >= 0.3 is 6.18 Å². The zero-order chi connectivity index (χ0) is 17.3. The van der Waals surface area contributed by atoms with Gasteiger partial charge in [-0.05, 0) is 36.8 Å². The number of nitrogens with zero attached hydrogens (tertiary/aromatic N) is 2. The smallest absolute Gasteiger partial charge is 0.392 e. The van der Waals surface area contributed by atoms with Crippen molar-refractivity contribution in [3.05, 3.63) is 42.2 Å². The minimum atomic E-state index is -4.50. The second-order valence-electron chi connectivity index (χ2n) is 5.51. The Hall–Kier alpha value is -2.39. The molecule has 1 aliphatic rings. The molecule has 0 radical (unpaired) electrons. The predicted molar refractivity (Wildman–Crippen MR) is 79.6 cm³/mol. The van der Waals surface area contributed by atoms with Crippen LogP contribution in [0.1, 0.15) is 12.1 Å². The third-order valence-corrected chi connectivity index (χ3v) is 3.74. The van der Waals surface area contributed by atoms with E-state index < -0.39 is 24.0 Å². The van der Waals surface area contributed by atoms with E-state index in [-0.39, 0.29) is 11.6 Å². The molecule has 0 spiro atoms. The maximum Gasteiger partial charge on any atom is 0.433 e. The van der Waals surface area contributed by atoms with Crippen molar-refractivity contribution in [1.29, 1.82) is 0 Å². The number of aliphatic hydroxyl groups excluding tert-OH is 1. The van der Waals surface area contributed by atoms with E-state index >= 15 is 0 Å². The molecule has 3 rings (SSSR count). The minimum Gasteiger partial charge on any atom is -0.392 e. The number of rotatable bonds is 3. The van der Waals surface area contributed by atoms with E-state index in [1.54, 1.807) is 0 Å². The first-order chi connectivity index (χ1) is 11.3. The number of hydrogen-bond acceptors (Lipinski definition) is 4. The summed E-state index contributed by atoms with van der Waals surface area (Å²) in [4.78, 5) is 12.0. The number of anilines is 1. The minimum absolute atomic E-state index is 0.236. The second-order valence-corrected chi connectivity index (χ2v) is 5.51. The molecule has 1 aromatic carbocycles. The molecule has 0 bridgehead atoms. The highest BCUT2D eigenvalue weighted by molar-refractivity contribution is 5.95. The van der Waals surface area contributed by atoms with Gasteiger partial charge in [0, 0.05) is 12.2 Å². The monoisotopic (exact) mass is 340 g/mol. The molecule has 9 heteroatoms. The SMILES string of the molecule is O=C(Nc1ccc(-n2nccc2C(F)(F)F)cc1)[C@H]1C[C@@H](O)CN1. The summed E-state index contributed by atoms with van der Waals surface area (Å²) in [6.07, 6.45) is -3.65. The van der Waals surface area contributed by atoms with Crippen LogP contribution >= 0.6 is 0 Å². The lowest BCUT2D eigenvalue weighted by molar-refractivity contribution is -0.142. The average molecular weight is 340 g/mol. The summed E-state index contributed by atoms with van der Waals surface area (Å²) < 4.78 is 39.4. The summed E-state index contributed by atoms with van der Waals surface area (Å²) in [7, 11) is 0. The van der Waals surface area contributed by atoms with Crippen molar-refractivity contribution in [3.8, 4) is 5.69 Å². The van der Waals surface area contributed by atoms with Crippen molar-refractivity contribution in [2.75, 3.05) is 11.9 Å². The number of carbonyl (C=O) groups excluding carboxylic acids is 1. The van der Waals surface area contributed by atoms with Crippen LogP contribution < -0.4 is 10.6 Å². The number of aromatic nitrogens is 2. The number of alkyl halides is 3. The quantitative estimate of drug-likeness (QED) is 0.792. The van der Waals surface area contributed by atoms with Crippen LogP contribution in [0.4, 0.5) is 18.9 Å². The fourth-order valence-electron chi connectivity index (χ4n) is 2.56. The van der Waals surface area contributed by atoms with Gasteiger partial charge in [0.1, 0.15) is 5.69 Å². The van der Waals surface area contributed by atoms with Crippen LogP contribution in [-0.2, 0) is 11.0 Å². The number of benzene rings is 1. The number of halogens is 3. The predicted octanol–water partition coefficient (Wildman–Crippen LogP) is 1.55. The van der Waals surface area contributed by atoms with Crippen LogP contribution in [0.25, 0.3) is 5.69 Å². The van der Waals surface area contributed by atoms with Gasteiger partial charge in [-0.2, -0.15) is 18.3 Å². The van der Waals surface area contributed by atoms with Crippen LogP contribution in [0.2, 0.25) is 0 Å². The Balaban J connectivity index is 1.72. The number of nitrogens with one attached hydrogen (secondary N) is 2. The lowest BCUT2D eigenvalue weighted by atomic mass is 10.2. The van der Waals surface area contributed by atoms with E-state index in [4.69, 9.17) is 0 Å². The summed E-state index contributed by atoms with van der Waals surface area (Å²) in [6, 6.07) is 6.29. The highest BCUT2D eigenvalue weighted by atomic mass is 19.4. The summed E-state index contributed by atoms with van der Waals surface area (Å²) in [5, 5.41) is 18.6. The lowest BCUT2D eigenvalue weighted by Gasteiger charge is -2.13. The molecule has 1 amide bonds. The number of aliphatic hydroxyl groups is 1. The van der Waals surface area contributed by atoms with Gasteiger partial charge in [0.2, 0.25) is 5.91 Å². The van der Waals surface area contributed by atoms with Gasteiger partial charge in [-0.25, -0.2) is 4.68 Å². The molecule has 6 nitrogen and oxygen atoms in total. The lowest BCUT2D eigenvalue weighted by Crippen LogP contribution is -2.35. The van der Waals surface area contributed by atoms with Crippen molar-refractivity contribution < 1.29 is 23.1 Å². The zero-order valence-electron chi connectivity index (χ0n) is 12.4. The number of β-amino-alcohol motifs (C(OH)–C–C–N with tert-alkyl or cyclic N) is 1. The molecule has 24 heavy (non-hydrogen) atoms. The molecule has 1 aliphatic heterocycles. The van der Waals surface area contributed by atoms with Gasteiger partial charge in [-0.3, -0.25) is 4.79 Å². The maximum absolute atomic E-state index is 12.9. The fourth-order valence-corrected chi connectivity index (χ4v) is 2.56. The van der Waals surface area contributed by atoms with E-state index in [0.717, 1.165) is 16.9 Å². The molecule has 1 aromatic heterocycles. The highest BCUT2D eigenvalue weighted by Crippen LogP contribution is 2.30. The first-order valence-corrected chi connectivity index (χ1v) is 7.28. The average Bonchev–Trinajstić information content (AvgIpc) is 3.16. The van der Waals surface area contributed by atoms with Crippen molar-refractivity contribution >= 4 is 11.6 Å². The van der Waals surface area contributed by atoms with E-state index in [0.29, 0.717) is 18.7 Å². The first kappa shape index (κ1) is 16.5. The molecular formula is C15H15F3N4O2. The molecule has 1 saturated heterocycles. The molecule has 0 unspecified atom stereocenters. The number of amides is 1. The molecule has 2 atom stereocenters. The standard InChI is InChI=1S/C15H15F3N4O2/c16-15(17,18)13-5-6-20-22(13)10-3-1-9(2-4-10)21-14(24)12-7-11(23)8-19-12/h1-6,11-12,19,23H,7-8H2,(H,21,24)/t11-,12-/m1/s1. The van der Waals surface area contributed by atoms with Crippen molar-refractivity contribution in [1.82, 2.24) is 15.1 Å². The first-order valence-electron chi connectivity index (χ1n) is 7.28. The highest BCUT2D eigenvalue weighted by Gasteiger charge is 2.35. The summed E-state index contributed by atoms with van der Waals surface area (Å²) in [6.45, 7) is 0.358. The third-order valence-electron chi connectivity index (χ3n) is 3.74. The maximum atomic E-state index is 12.9. The Labute approximate surface area is 135 Å². The van der Waals surface area contributed by atoms with Crippen molar-refractivity contribution in [2.45, 2.75) is 24.7 Å². The van der Waals surface area contributed by atoms with Gasteiger partial charge in [0.25, 0.3) is 0 Å². The Morgan fingerprint density at radius 3 is 2.58 bits per heavy atom. The van der Waals surface area contributed by atoms with Gasteiger partial charge in [-0.15, -0.1) is 0 Å². The molecule has 0 saturated carbocycles. The van der Waals surface area contributed by atoms with E-state index in [9.17, 15) is 23.1 Å². The van der Waals surface area contributed by atoms with Crippen LogP contribution in [0, 0.1) is 0 Å². The van der Waals surface area contributed by atoms with Gasteiger partial charge < -0.3 is 15.7 Å². The Morgan fingerprint density at radius 2 is 2.00 bits per heavy atom. The molecule has 128 valence electrons. The number of carbonyl (C=O) groups is 1. The molecule has 0 aliphatic carbocycles. The van der Waals surface area contributed by atoms with Crippen LogP contribution in [0.15, 0.2) is 36.5 Å². The topological polar surface area (TPSA) is 79.2 Å². The third kappa shape index (κ3) is 3.41. The molecule has 3 N–H and O–H groups in total.